The molecule has 2 N–H and O–H groups in total. The lowest BCUT2D eigenvalue weighted by Crippen LogP contribution is -2.22. The monoisotopic (exact) mass is 473 g/mol. The highest BCUT2D eigenvalue weighted by Gasteiger charge is 2.06. The molecule has 24 heavy (non-hydrogen) atoms. The van der Waals surface area contributed by atoms with Gasteiger partial charge in [-0.15, -0.1) is 11.3 Å². The molecule has 0 saturated heterocycles. The summed E-state index contributed by atoms with van der Waals surface area (Å²) in [5, 5.41) is 19.5. The molecule has 2 rings (SSSR count). The summed E-state index contributed by atoms with van der Waals surface area (Å²) >= 11 is 8.07. The lowest BCUT2D eigenvalue weighted by Gasteiger charge is -2.03. The molecule has 1 amide bonds. The number of thiophene rings is 1. The predicted octanol–water partition coefficient (Wildman–Crippen LogP) is 3.87. The minimum absolute atomic E-state index is 0.0311. The average molecular weight is 475 g/mol. The average Bonchev–Trinajstić information content (AvgIpc) is 3.06. The molecule has 0 aliphatic carbocycles. The molecule has 126 valence electrons. The molecule has 0 atom stereocenters. The van der Waals surface area contributed by atoms with Crippen molar-refractivity contribution in [3.63, 3.8) is 0 Å². The quantitative estimate of drug-likeness (QED) is 0.492. The fraction of sp³-hybridized carbons (Fsp3) is 0.133. The van der Waals surface area contributed by atoms with Gasteiger partial charge in [0.15, 0.2) is 6.61 Å². The van der Waals surface area contributed by atoms with Gasteiger partial charge in [-0.2, -0.15) is 5.10 Å². The number of hydrogen-bond donors (Lipinski definition) is 2. The lowest BCUT2D eigenvalue weighted by atomic mass is 10.2. The van der Waals surface area contributed by atoms with E-state index >= 15 is 0 Å². The van der Waals surface area contributed by atoms with E-state index in [1.54, 1.807) is 19.1 Å². The molecule has 0 saturated carbocycles. The molecule has 0 aliphatic rings. The molecule has 0 unspecified atom stereocenters. The summed E-state index contributed by atoms with van der Waals surface area (Å²) in [7, 11) is 0. The van der Waals surface area contributed by atoms with Crippen molar-refractivity contribution in [2.75, 3.05) is 6.61 Å². The molecule has 0 aliphatic heterocycles. The number of rotatable bonds is 6. The summed E-state index contributed by atoms with van der Waals surface area (Å²) in [6.07, 6.45) is 1.34. The number of oxime groups is 1. The Hall–Kier alpha value is -1.71. The van der Waals surface area contributed by atoms with E-state index in [0.29, 0.717) is 15.7 Å². The van der Waals surface area contributed by atoms with Gasteiger partial charge in [-0.3, -0.25) is 4.79 Å². The van der Waals surface area contributed by atoms with Crippen molar-refractivity contribution >= 4 is 61.0 Å². The van der Waals surface area contributed by atoms with Crippen LogP contribution in [0.4, 0.5) is 0 Å². The molecule has 0 fully saturated rings. The zero-order chi connectivity index (χ0) is 17.5. The molecule has 1 aromatic heterocycles. The Morgan fingerprint density at radius 2 is 2.25 bits per heavy atom. The van der Waals surface area contributed by atoms with Gasteiger partial charge in [0.2, 0.25) is 0 Å². The van der Waals surface area contributed by atoms with E-state index in [9.17, 15) is 9.90 Å². The van der Waals surface area contributed by atoms with Gasteiger partial charge in [-0.25, -0.2) is 5.43 Å². The van der Waals surface area contributed by atoms with Crippen LogP contribution in [0, 0.1) is 0 Å². The number of aromatic hydroxyl groups is 1. The van der Waals surface area contributed by atoms with Gasteiger partial charge in [-0.05, 0) is 46.4 Å². The second-order valence-corrected chi connectivity index (χ2v) is 7.26. The smallest absolute Gasteiger partial charge is 0.280 e. The number of benzene rings is 1. The Bertz CT molecular complexity index is 777. The summed E-state index contributed by atoms with van der Waals surface area (Å²) in [5.74, 6) is -0.425. The molecule has 0 spiro atoms. The Morgan fingerprint density at radius 1 is 1.46 bits per heavy atom. The topological polar surface area (TPSA) is 83.3 Å². The first-order chi connectivity index (χ1) is 11.5. The highest BCUT2D eigenvalue weighted by Crippen LogP contribution is 2.30. The van der Waals surface area contributed by atoms with Crippen LogP contribution in [0.25, 0.3) is 0 Å². The largest absolute Gasteiger partial charge is 0.506 e. The van der Waals surface area contributed by atoms with Crippen molar-refractivity contribution in [1.82, 2.24) is 5.43 Å². The maximum Gasteiger partial charge on any atom is 0.280 e. The van der Waals surface area contributed by atoms with Crippen LogP contribution in [0.2, 0.25) is 0 Å². The molecule has 0 radical (unpaired) electrons. The maximum atomic E-state index is 11.6. The van der Waals surface area contributed by atoms with Crippen molar-refractivity contribution in [2.45, 2.75) is 6.92 Å². The van der Waals surface area contributed by atoms with Crippen LogP contribution in [0.1, 0.15) is 17.4 Å². The van der Waals surface area contributed by atoms with E-state index < -0.39 is 5.91 Å². The number of amides is 1. The fourth-order valence-electron chi connectivity index (χ4n) is 1.61. The Kier molecular flexibility index (Phi) is 6.95. The third-order valence-electron chi connectivity index (χ3n) is 2.73. The number of phenolic OH excluding ortho intramolecular Hbond substituents is 1. The molecule has 1 heterocycles. The van der Waals surface area contributed by atoms with E-state index in [1.165, 1.54) is 17.6 Å². The summed E-state index contributed by atoms with van der Waals surface area (Å²) in [5.41, 5.74) is 3.45. The summed E-state index contributed by atoms with van der Waals surface area (Å²) in [4.78, 5) is 17.6. The first-order valence-corrected chi connectivity index (χ1v) is 9.14. The number of nitrogens with one attached hydrogen (secondary N) is 1. The number of hydrogen-bond acceptors (Lipinski definition) is 6. The summed E-state index contributed by atoms with van der Waals surface area (Å²) in [6.45, 7) is 1.55. The van der Waals surface area contributed by atoms with Crippen molar-refractivity contribution in [3.8, 4) is 5.75 Å². The highest BCUT2D eigenvalue weighted by molar-refractivity contribution is 9.11. The zero-order valence-electron chi connectivity index (χ0n) is 12.5. The van der Waals surface area contributed by atoms with Gasteiger partial charge in [0, 0.05) is 10.0 Å². The normalized spacial score (nSPS) is 11.7. The molecular formula is C15H13Br2N3O3S. The van der Waals surface area contributed by atoms with Crippen LogP contribution in [-0.4, -0.2) is 29.5 Å². The van der Waals surface area contributed by atoms with E-state index in [0.717, 1.165) is 9.35 Å². The van der Waals surface area contributed by atoms with Crippen LogP contribution in [0.5, 0.6) is 5.75 Å². The van der Waals surface area contributed by atoms with Crippen LogP contribution in [0.3, 0.4) is 0 Å². The third kappa shape index (κ3) is 5.43. The van der Waals surface area contributed by atoms with Crippen LogP contribution < -0.4 is 5.43 Å². The van der Waals surface area contributed by atoms with E-state index in [-0.39, 0.29) is 12.4 Å². The van der Waals surface area contributed by atoms with Crippen LogP contribution in [-0.2, 0) is 9.63 Å². The summed E-state index contributed by atoms with van der Waals surface area (Å²) < 4.78 is 1.29. The minimum atomic E-state index is -0.456. The van der Waals surface area contributed by atoms with E-state index in [2.05, 4.69) is 47.5 Å². The van der Waals surface area contributed by atoms with Gasteiger partial charge in [0.1, 0.15) is 5.75 Å². The number of phenols is 1. The molecule has 2 aromatic rings. The second kappa shape index (κ2) is 8.95. The van der Waals surface area contributed by atoms with Gasteiger partial charge in [0.05, 0.1) is 21.3 Å². The second-order valence-electron chi connectivity index (χ2n) is 4.55. The van der Waals surface area contributed by atoms with Crippen LogP contribution in [0.15, 0.2) is 48.8 Å². The molecular weight excluding hydrogens is 462 g/mol. The third-order valence-corrected chi connectivity index (χ3v) is 4.77. The predicted molar refractivity (Wildman–Crippen MR) is 102 cm³/mol. The fourth-order valence-corrected chi connectivity index (χ4v) is 3.53. The number of carbonyl (C=O) groups excluding carboxylic acids is 1. The number of halogens is 2. The standard InChI is InChI=1S/C15H13Br2N3O3S/c1-9(13-3-2-4-24-13)20-23-8-14(21)19-18-7-10-5-11(16)6-12(17)15(10)22/h2-7,22H,8H2,1H3,(H,19,21)/b18-7-,20-9-. The van der Waals surface area contributed by atoms with Crippen molar-refractivity contribution in [3.05, 3.63) is 49.0 Å². The number of hydrazone groups is 1. The van der Waals surface area contributed by atoms with E-state index in [4.69, 9.17) is 4.84 Å². The minimum Gasteiger partial charge on any atom is -0.506 e. The SMILES string of the molecule is C/C(=N/OCC(=O)N/N=C\c1cc(Br)cc(Br)c1O)c1cccs1. The van der Waals surface area contributed by atoms with Crippen molar-refractivity contribution in [2.24, 2.45) is 10.3 Å². The van der Waals surface area contributed by atoms with Crippen molar-refractivity contribution in [1.29, 1.82) is 0 Å². The Balaban J connectivity index is 1.84. The van der Waals surface area contributed by atoms with Gasteiger partial charge < -0.3 is 9.94 Å². The van der Waals surface area contributed by atoms with Crippen LogP contribution >= 0.6 is 43.2 Å². The van der Waals surface area contributed by atoms with E-state index in [1.807, 2.05) is 17.5 Å². The molecule has 1 aromatic carbocycles. The molecule has 0 bridgehead atoms. The first-order valence-electron chi connectivity index (χ1n) is 6.67. The molecule has 6 nitrogen and oxygen atoms in total. The Morgan fingerprint density at radius 3 is 2.96 bits per heavy atom. The van der Waals surface area contributed by atoms with Gasteiger partial charge in [0.25, 0.3) is 5.91 Å². The van der Waals surface area contributed by atoms with Gasteiger partial charge in [-0.1, -0.05) is 27.2 Å². The number of nitrogens with zero attached hydrogens (tertiary/aromatic N) is 2. The molecule has 9 heteroatoms. The summed E-state index contributed by atoms with van der Waals surface area (Å²) in [6, 6.07) is 7.20. The zero-order valence-corrected chi connectivity index (χ0v) is 16.5. The Labute approximate surface area is 159 Å². The van der Waals surface area contributed by atoms with Crippen molar-refractivity contribution < 1.29 is 14.7 Å². The van der Waals surface area contributed by atoms with Gasteiger partial charge >= 0.3 is 0 Å². The number of carbonyl (C=O) groups is 1. The highest BCUT2D eigenvalue weighted by atomic mass is 79.9. The first kappa shape index (κ1) is 18.6. The lowest BCUT2D eigenvalue weighted by molar-refractivity contribution is -0.125. The maximum absolute atomic E-state index is 11.6.